The van der Waals surface area contributed by atoms with E-state index in [-0.39, 0.29) is 17.8 Å². The normalized spacial score (nSPS) is 11.8. The van der Waals surface area contributed by atoms with Crippen LogP contribution < -0.4 is 10.6 Å². The molecule has 0 heterocycles. The number of halogens is 1. The molecule has 4 heteroatoms. The Balaban J connectivity index is 1.91. The van der Waals surface area contributed by atoms with Gasteiger partial charge in [0.1, 0.15) is 11.9 Å². The molecule has 2 rings (SSSR count). The average molecular weight is 300 g/mol. The number of anilines is 2. The maximum Gasteiger partial charge on any atom is 0.246 e. The minimum absolute atomic E-state index is 0.163. The summed E-state index contributed by atoms with van der Waals surface area (Å²) in [5.41, 5.74) is 2.77. The number of aryl methyl sites for hydroxylation is 1. The molecule has 0 aliphatic carbocycles. The molecular formula is C18H21FN2O. The van der Waals surface area contributed by atoms with Gasteiger partial charge in [-0.25, -0.2) is 4.39 Å². The van der Waals surface area contributed by atoms with Gasteiger partial charge in [0, 0.05) is 11.4 Å². The topological polar surface area (TPSA) is 41.1 Å². The van der Waals surface area contributed by atoms with E-state index in [0.717, 1.165) is 18.5 Å². The largest absolute Gasteiger partial charge is 0.374 e. The fraction of sp³-hybridized carbons (Fsp3) is 0.278. The summed E-state index contributed by atoms with van der Waals surface area (Å²) in [6.45, 7) is 3.94. The van der Waals surface area contributed by atoms with Crippen LogP contribution in [-0.4, -0.2) is 11.9 Å². The average Bonchev–Trinajstić information content (AvgIpc) is 2.51. The molecule has 0 aromatic heterocycles. The quantitative estimate of drug-likeness (QED) is 0.838. The number of rotatable bonds is 6. The van der Waals surface area contributed by atoms with Gasteiger partial charge in [0.25, 0.3) is 0 Å². The van der Waals surface area contributed by atoms with Crippen LogP contribution in [0.4, 0.5) is 15.8 Å². The summed E-state index contributed by atoms with van der Waals surface area (Å²) in [4.78, 5) is 12.1. The molecule has 0 fully saturated rings. The Morgan fingerprint density at radius 2 is 1.64 bits per heavy atom. The predicted molar refractivity (Wildman–Crippen MR) is 88.6 cm³/mol. The standard InChI is InChI=1S/C18H21FN2O/c1-3-4-14-5-9-16(10-6-14)20-13(2)18(22)21-17-11-7-15(19)8-12-17/h5-13,20H,3-4H2,1-2H3,(H,21,22)/t13-/m0/s1. The zero-order valence-corrected chi connectivity index (χ0v) is 12.9. The molecule has 1 atom stereocenters. The van der Waals surface area contributed by atoms with Crippen molar-refractivity contribution in [2.24, 2.45) is 0 Å². The van der Waals surface area contributed by atoms with Crippen LogP contribution in [0.1, 0.15) is 25.8 Å². The Kier molecular flexibility index (Phi) is 5.53. The Morgan fingerprint density at radius 1 is 1.05 bits per heavy atom. The third kappa shape index (κ3) is 4.58. The van der Waals surface area contributed by atoms with Crippen molar-refractivity contribution in [2.75, 3.05) is 10.6 Å². The molecule has 0 unspecified atom stereocenters. The second-order valence-corrected chi connectivity index (χ2v) is 5.31. The number of hydrogen-bond donors (Lipinski definition) is 2. The van der Waals surface area contributed by atoms with Gasteiger partial charge >= 0.3 is 0 Å². The number of carbonyl (C=O) groups is 1. The highest BCUT2D eigenvalue weighted by Gasteiger charge is 2.12. The zero-order chi connectivity index (χ0) is 15.9. The maximum atomic E-state index is 12.8. The van der Waals surface area contributed by atoms with E-state index >= 15 is 0 Å². The first kappa shape index (κ1) is 16.0. The van der Waals surface area contributed by atoms with Crippen molar-refractivity contribution in [3.05, 3.63) is 59.9 Å². The molecule has 0 saturated carbocycles. The molecule has 0 saturated heterocycles. The number of hydrogen-bond acceptors (Lipinski definition) is 2. The fourth-order valence-electron chi connectivity index (χ4n) is 2.16. The van der Waals surface area contributed by atoms with Gasteiger partial charge in [0.05, 0.1) is 0 Å². The number of amides is 1. The van der Waals surface area contributed by atoms with Crippen molar-refractivity contribution in [1.29, 1.82) is 0 Å². The van der Waals surface area contributed by atoms with E-state index in [2.05, 4.69) is 29.7 Å². The maximum absolute atomic E-state index is 12.8. The Labute approximate surface area is 130 Å². The van der Waals surface area contributed by atoms with Gasteiger partial charge in [0.15, 0.2) is 0 Å². The first-order valence-corrected chi connectivity index (χ1v) is 7.50. The lowest BCUT2D eigenvalue weighted by Crippen LogP contribution is -2.31. The summed E-state index contributed by atoms with van der Waals surface area (Å²) in [5.74, 6) is -0.486. The highest BCUT2D eigenvalue weighted by molar-refractivity contribution is 5.96. The van der Waals surface area contributed by atoms with E-state index in [1.807, 2.05) is 12.1 Å². The molecule has 22 heavy (non-hydrogen) atoms. The molecule has 0 aliphatic rings. The Hall–Kier alpha value is -2.36. The predicted octanol–water partition coefficient (Wildman–Crippen LogP) is 4.22. The lowest BCUT2D eigenvalue weighted by atomic mass is 10.1. The molecule has 2 N–H and O–H groups in total. The Morgan fingerprint density at radius 3 is 2.23 bits per heavy atom. The van der Waals surface area contributed by atoms with Crippen LogP contribution >= 0.6 is 0 Å². The zero-order valence-electron chi connectivity index (χ0n) is 12.9. The van der Waals surface area contributed by atoms with E-state index in [1.165, 1.54) is 17.7 Å². The van der Waals surface area contributed by atoms with Crippen molar-refractivity contribution >= 4 is 17.3 Å². The summed E-state index contributed by atoms with van der Waals surface area (Å²) in [7, 11) is 0. The van der Waals surface area contributed by atoms with Crippen LogP contribution in [0.15, 0.2) is 48.5 Å². The Bertz CT molecular complexity index is 608. The lowest BCUT2D eigenvalue weighted by molar-refractivity contribution is -0.116. The molecule has 3 nitrogen and oxygen atoms in total. The van der Waals surface area contributed by atoms with E-state index in [0.29, 0.717) is 5.69 Å². The minimum Gasteiger partial charge on any atom is -0.374 e. The first-order chi connectivity index (χ1) is 10.6. The van der Waals surface area contributed by atoms with Crippen molar-refractivity contribution in [3.8, 4) is 0 Å². The van der Waals surface area contributed by atoms with Gasteiger partial charge < -0.3 is 10.6 Å². The van der Waals surface area contributed by atoms with Gasteiger partial charge in [-0.2, -0.15) is 0 Å². The molecule has 0 aliphatic heterocycles. The third-order valence-electron chi connectivity index (χ3n) is 3.38. The van der Waals surface area contributed by atoms with Crippen molar-refractivity contribution in [2.45, 2.75) is 32.7 Å². The third-order valence-corrected chi connectivity index (χ3v) is 3.38. The molecule has 1 amide bonds. The smallest absolute Gasteiger partial charge is 0.246 e. The molecular weight excluding hydrogens is 279 g/mol. The molecule has 2 aromatic rings. The van der Waals surface area contributed by atoms with Crippen molar-refractivity contribution < 1.29 is 9.18 Å². The highest BCUT2D eigenvalue weighted by atomic mass is 19.1. The van der Waals surface area contributed by atoms with Crippen LogP contribution in [-0.2, 0) is 11.2 Å². The molecule has 2 aromatic carbocycles. The van der Waals surface area contributed by atoms with Gasteiger partial charge in [-0.3, -0.25) is 4.79 Å². The number of carbonyl (C=O) groups excluding carboxylic acids is 1. The second-order valence-electron chi connectivity index (χ2n) is 5.31. The van der Waals surface area contributed by atoms with Crippen LogP contribution in [0.25, 0.3) is 0 Å². The van der Waals surface area contributed by atoms with E-state index in [4.69, 9.17) is 0 Å². The van der Waals surface area contributed by atoms with Crippen molar-refractivity contribution in [3.63, 3.8) is 0 Å². The summed E-state index contributed by atoms with van der Waals surface area (Å²) in [5, 5.41) is 5.91. The molecule has 0 spiro atoms. The monoisotopic (exact) mass is 300 g/mol. The van der Waals surface area contributed by atoms with Crippen LogP contribution in [0.3, 0.4) is 0 Å². The summed E-state index contributed by atoms with van der Waals surface area (Å²) in [6, 6.07) is 13.4. The van der Waals surface area contributed by atoms with E-state index in [1.54, 1.807) is 19.1 Å². The van der Waals surface area contributed by atoms with Gasteiger partial charge in [-0.1, -0.05) is 25.5 Å². The first-order valence-electron chi connectivity index (χ1n) is 7.50. The fourth-order valence-corrected chi connectivity index (χ4v) is 2.16. The van der Waals surface area contributed by atoms with E-state index < -0.39 is 0 Å². The van der Waals surface area contributed by atoms with Gasteiger partial charge in [-0.05, 0) is 55.3 Å². The SMILES string of the molecule is CCCc1ccc(N[C@@H](C)C(=O)Nc2ccc(F)cc2)cc1. The van der Waals surface area contributed by atoms with Crippen LogP contribution in [0, 0.1) is 5.82 Å². The van der Waals surface area contributed by atoms with E-state index in [9.17, 15) is 9.18 Å². The lowest BCUT2D eigenvalue weighted by Gasteiger charge is -2.15. The summed E-state index contributed by atoms with van der Waals surface area (Å²) >= 11 is 0. The van der Waals surface area contributed by atoms with Gasteiger partial charge in [-0.15, -0.1) is 0 Å². The minimum atomic E-state index is -0.387. The van der Waals surface area contributed by atoms with Crippen LogP contribution in [0.5, 0.6) is 0 Å². The second kappa shape index (κ2) is 7.59. The van der Waals surface area contributed by atoms with Gasteiger partial charge in [0.2, 0.25) is 5.91 Å². The molecule has 0 bridgehead atoms. The van der Waals surface area contributed by atoms with Crippen molar-refractivity contribution in [1.82, 2.24) is 0 Å². The molecule has 0 radical (unpaired) electrons. The summed E-state index contributed by atoms with van der Waals surface area (Å²) < 4.78 is 12.8. The highest BCUT2D eigenvalue weighted by Crippen LogP contribution is 2.13. The summed E-state index contributed by atoms with van der Waals surface area (Å²) in [6.07, 6.45) is 2.17. The molecule has 116 valence electrons. The van der Waals surface area contributed by atoms with Crippen LogP contribution in [0.2, 0.25) is 0 Å². The number of benzene rings is 2. The number of nitrogens with one attached hydrogen (secondary N) is 2.